The van der Waals surface area contributed by atoms with Crippen LogP contribution in [-0.4, -0.2) is 52.0 Å². The van der Waals surface area contributed by atoms with Crippen LogP contribution in [0.5, 0.6) is 0 Å². The lowest BCUT2D eigenvalue weighted by Gasteiger charge is -2.37. The molecule has 1 saturated heterocycles. The topological polar surface area (TPSA) is 62.5 Å². The van der Waals surface area contributed by atoms with Crippen molar-refractivity contribution in [2.75, 3.05) is 26.2 Å². The molecule has 0 bridgehead atoms. The molecule has 2 heterocycles. The Morgan fingerprint density at radius 2 is 1.81 bits per heavy atom. The minimum Gasteiger partial charge on any atom is -0.340 e. The van der Waals surface area contributed by atoms with E-state index in [1.165, 1.54) is 5.56 Å². The predicted octanol–water partition coefficient (Wildman–Crippen LogP) is 3.30. The molecule has 0 aliphatic carbocycles. The molecule has 3 rings (SSSR count). The first-order valence-electron chi connectivity index (χ1n) is 9.43. The van der Waals surface area contributed by atoms with Crippen molar-refractivity contribution in [2.45, 2.75) is 40.2 Å². The summed E-state index contributed by atoms with van der Waals surface area (Å²) in [4.78, 5) is 21.2. The molecule has 26 heavy (non-hydrogen) atoms. The van der Waals surface area contributed by atoms with Gasteiger partial charge in [-0.15, -0.1) is 0 Å². The van der Waals surface area contributed by atoms with Gasteiger partial charge in [0.25, 0.3) is 0 Å². The Kier molecular flexibility index (Phi) is 5.71. The van der Waals surface area contributed by atoms with E-state index in [9.17, 15) is 4.79 Å². The predicted molar refractivity (Wildman–Crippen MR) is 100 cm³/mol. The molecule has 2 atom stereocenters. The van der Waals surface area contributed by atoms with Crippen molar-refractivity contribution in [3.8, 4) is 11.4 Å². The molecular formula is C20H28N4O2. The smallest absolute Gasteiger partial charge is 0.244 e. The molecule has 1 aliphatic rings. The number of benzene rings is 1. The summed E-state index contributed by atoms with van der Waals surface area (Å²) in [5.74, 6) is 1.62. The van der Waals surface area contributed by atoms with Gasteiger partial charge in [0.1, 0.15) is 0 Å². The van der Waals surface area contributed by atoms with Gasteiger partial charge in [-0.3, -0.25) is 9.69 Å². The SMILES string of the molecule is CC[C@@H](C)C(=O)N1CCN([C@@H](C)c2nc(-c3ccc(C)cc3)no2)CC1. The van der Waals surface area contributed by atoms with Crippen LogP contribution in [0.25, 0.3) is 11.4 Å². The van der Waals surface area contributed by atoms with E-state index in [-0.39, 0.29) is 17.9 Å². The number of aromatic nitrogens is 2. The first-order valence-corrected chi connectivity index (χ1v) is 9.43. The van der Waals surface area contributed by atoms with E-state index >= 15 is 0 Å². The van der Waals surface area contributed by atoms with Gasteiger partial charge >= 0.3 is 0 Å². The van der Waals surface area contributed by atoms with Gasteiger partial charge in [-0.25, -0.2) is 0 Å². The fraction of sp³-hybridized carbons (Fsp3) is 0.550. The normalized spacial score (nSPS) is 17.9. The summed E-state index contributed by atoms with van der Waals surface area (Å²) >= 11 is 0. The third-order valence-corrected chi connectivity index (χ3v) is 5.32. The molecule has 140 valence electrons. The largest absolute Gasteiger partial charge is 0.340 e. The fourth-order valence-electron chi connectivity index (χ4n) is 3.20. The average Bonchev–Trinajstić information content (AvgIpc) is 3.17. The third-order valence-electron chi connectivity index (χ3n) is 5.32. The minimum atomic E-state index is 0.0440. The molecular weight excluding hydrogens is 328 g/mol. The Morgan fingerprint density at radius 3 is 2.42 bits per heavy atom. The molecule has 1 aliphatic heterocycles. The zero-order valence-corrected chi connectivity index (χ0v) is 16.1. The van der Waals surface area contributed by atoms with Crippen molar-refractivity contribution in [1.29, 1.82) is 0 Å². The van der Waals surface area contributed by atoms with Crippen LogP contribution < -0.4 is 0 Å². The number of amides is 1. The van der Waals surface area contributed by atoms with E-state index in [1.807, 2.05) is 36.1 Å². The summed E-state index contributed by atoms with van der Waals surface area (Å²) in [7, 11) is 0. The summed E-state index contributed by atoms with van der Waals surface area (Å²) in [6.07, 6.45) is 0.888. The van der Waals surface area contributed by atoms with Crippen LogP contribution in [0.2, 0.25) is 0 Å². The van der Waals surface area contributed by atoms with Gasteiger partial charge in [-0.05, 0) is 20.3 Å². The summed E-state index contributed by atoms with van der Waals surface area (Å²) in [5, 5.41) is 4.13. The Bertz CT molecular complexity index is 733. The highest BCUT2D eigenvalue weighted by Gasteiger charge is 2.29. The molecule has 0 unspecified atom stereocenters. The van der Waals surface area contributed by atoms with Gasteiger partial charge in [-0.2, -0.15) is 4.98 Å². The highest BCUT2D eigenvalue weighted by atomic mass is 16.5. The molecule has 1 aromatic carbocycles. The summed E-state index contributed by atoms with van der Waals surface area (Å²) < 4.78 is 5.51. The van der Waals surface area contributed by atoms with Gasteiger partial charge in [0, 0.05) is 37.7 Å². The summed E-state index contributed by atoms with van der Waals surface area (Å²) in [6, 6.07) is 8.15. The Hall–Kier alpha value is -2.21. The summed E-state index contributed by atoms with van der Waals surface area (Å²) in [6.45, 7) is 11.4. The molecule has 2 aromatic rings. The number of piperazine rings is 1. The molecule has 0 radical (unpaired) electrons. The van der Waals surface area contributed by atoms with Crippen LogP contribution in [0.4, 0.5) is 0 Å². The molecule has 0 spiro atoms. The van der Waals surface area contributed by atoms with Gasteiger partial charge in [-0.1, -0.05) is 48.8 Å². The van der Waals surface area contributed by atoms with Gasteiger partial charge < -0.3 is 9.42 Å². The van der Waals surface area contributed by atoms with Crippen LogP contribution in [-0.2, 0) is 4.79 Å². The highest BCUT2D eigenvalue weighted by molar-refractivity contribution is 5.78. The molecule has 1 aromatic heterocycles. The van der Waals surface area contributed by atoms with E-state index in [0.717, 1.165) is 38.2 Å². The maximum atomic E-state index is 12.3. The molecule has 6 nitrogen and oxygen atoms in total. The van der Waals surface area contributed by atoms with Crippen molar-refractivity contribution in [2.24, 2.45) is 5.92 Å². The van der Waals surface area contributed by atoms with Crippen molar-refractivity contribution in [3.63, 3.8) is 0 Å². The number of carbonyl (C=O) groups is 1. The first-order chi connectivity index (χ1) is 12.5. The van der Waals surface area contributed by atoms with Crippen LogP contribution >= 0.6 is 0 Å². The number of aryl methyl sites for hydroxylation is 1. The van der Waals surface area contributed by atoms with Crippen molar-refractivity contribution in [3.05, 3.63) is 35.7 Å². The van der Waals surface area contributed by atoms with Crippen LogP contribution in [0.3, 0.4) is 0 Å². The third kappa shape index (κ3) is 3.96. The minimum absolute atomic E-state index is 0.0440. The highest BCUT2D eigenvalue weighted by Crippen LogP contribution is 2.24. The second-order valence-corrected chi connectivity index (χ2v) is 7.17. The maximum Gasteiger partial charge on any atom is 0.244 e. The summed E-state index contributed by atoms with van der Waals surface area (Å²) in [5.41, 5.74) is 2.16. The molecule has 0 N–H and O–H groups in total. The van der Waals surface area contributed by atoms with Crippen molar-refractivity contribution >= 4 is 5.91 Å². The Labute approximate surface area is 155 Å². The molecule has 1 fully saturated rings. The Balaban J connectivity index is 1.61. The maximum absolute atomic E-state index is 12.3. The molecule has 0 saturated carbocycles. The van der Waals surface area contributed by atoms with Gasteiger partial charge in [0.05, 0.1) is 6.04 Å². The van der Waals surface area contributed by atoms with E-state index < -0.39 is 0 Å². The van der Waals surface area contributed by atoms with Crippen molar-refractivity contribution < 1.29 is 9.32 Å². The van der Waals surface area contributed by atoms with E-state index in [4.69, 9.17) is 4.52 Å². The van der Waals surface area contributed by atoms with Crippen molar-refractivity contribution in [1.82, 2.24) is 19.9 Å². The van der Waals surface area contributed by atoms with Crippen LogP contribution in [0.1, 0.15) is 44.7 Å². The van der Waals surface area contributed by atoms with E-state index in [0.29, 0.717) is 11.7 Å². The molecule has 1 amide bonds. The number of rotatable bonds is 5. The number of hydrogen-bond donors (Lipinski definition) is 0. The number of carbonyl (C=O) groups excluding carboxylic acids is 1. The monoisotopic (exact) mass is 356 g/mol. The zero-order chi connectivity index (χ0) is 18.7. The Morgan fingerprint density at radius 1 is 1.15 bits per heavy atom. The lowest BCUT2D eigenvalue weighted by molar-refractivity contribution is -0.137. The number of nitrogens with zero attached hydrogens (tertiary/aromatic N) is 4. The average molecular weight is 356 g/mol. The number of hydrogen-bond acceptors (Lipinski definition) is 5. The second-order valence-electron chi connectivity index (χ2n) is 7.17. The first kappa shape index (κ1) is 18.6. The van der Waals surface area contributed by atoms with E-state index in [1.54, 1.807) is 0 Å². The second kappa shape index (κ2) is 7.99. The van der Waals surface area contributed by atoms with Crippen LogP contribution in [0.15, 0.2) is 28.8 Å². The van der Waals surface area contributed by atoms with Gasteiger partial charge in [0.15, 0.2) is 0 Å². The van der Waals surface area contributed by atoms with Gasteiger partial charge in [0.2, 0.25) is 17.6 Å². The zero-order valence-electron chi connectivity index (χ0n) is 16.1. The lowest BCUT2D eigenvalue weighted by Crippen LogP contribution is -2.50. The lowest BCUT2D eigenvalue weighted by atomic mass is 10.1. The standard InChI is InChI=1S/C20H28N4O2/c1-5-15(3)20(25)24-12-10-23(11-13-24)16(4)19-21-18(22-26-19)17-8-6-14(2)7-9-17/h6-9,15-16H,5,10-13H2,1-4H3/t15-,16+/m1/s1. The van der Waals surface area contributed by atoms with E-state index in [2.05, 4.69) is 35.8 Å². The quantitative estimate of drug-likeness (QED) is 0.822. The fourth-order valence-corrected chi connectivity index (χ4v) is 3.20. The molecule has 6 heteroatoms. The van der Waals surface area contributed by atoms with Crippen LogP contribution in [0, 0.1) is 12.8 Å².